The van der Waals surface area contributed by atoms with E-state index >= 15 is 4.79 Å². The van der Waals surface area contributed by atoms with Crippen molar-refractivity contribution < 1.29 is 14.3 Å². The molecule has 3 heteroatoms. The summed E-state index contributed by atoms with van der Waals surface area (Å²) in [6, 6.07) is 89.6. The molecule has 0 radical (unpaired) electrons. The molecule has 0 saturated carbocycles. The Balaban J connectivity index is 0.00000113. The van der Waals surface area contributed by atoms with Crippen LogP contribution in [0.4, 0.5) is 0 Å². The van der Waals surface area contributed by atoms with Crippen molar-refractivity contribution in [3.63, 3.8) is 0 Å². The highest BCUT2D eigenvalue weighted by atomic mass is 16.5. The number of fused-ring (bicyclic) bond motifs is 1. The van der Waals surface area contributed by atoms with Gasteiger partial charge in [-0.3, -0.25) is 4.79 Å². The number of para-hydroxylation sites is 2. The second-order valence-electron chi connectivity index (χ2n) is 20.0. The summed E-state index contributed by atoms with van der Waals surface area (Å²) in [5, 5.41) is 0. The number of Topliss-reactive ketones (excluding diaryl/α,β-unsaturated/α-hetero) is 1. The van der Waals surface area contributed by atoms with Crippen molar-refractivity contribution in [2.45, 2.75) is 0 Å². The molecule has 10 aromatic rings. The number of ketones is 1. The van der Waals surface area contributed by atoms with Gasteiger partial charge in [0.05, 0.1) is 0 Å². The van der Waals surface area contributed by atoms with Crippen LogP contribution in [0.3, 0.4) is 0 Å². The summed E-state index contributed by atoms with van der Waals surface area (Å²) in [6.07, 6.45) is 11.6. The van der Waals surface area contributed by atoms with E-state index < -0.39 is 0 Å². The quantitative estimate of drug-likeness (QED) is 0.142. The molecular weight excluding hydrogens is 1040 g/mol. The van der Waals surface area contributed by atoms with Gasteiger partial charge in [0.2, 0.25) is 0 Å². The van der Waals surface area contributed by atoms with Gasteiger partial charge in [0.25, 0.3) is 0 Å². The minimum absolute atomic E-state index is 0.262. The van der Waals surface area contributed by atoms with Gasteiger partial charge >= 0.3 is 0 Å². The SMILES string of the molecule is C#Cc1ccc(Oc2ccccc2C2=C(c3cc(C#Cc4ccccc4)cc(C#Cc4ccccc4)c3)C(=O)C(c3cc(C#Cc4ccccc4)cc(C#Cc4ccccc4)c3)=C2c2ccccc2Oc2ccc(C#C)cc2)cc1.c1cc2ccc1-2. The van der Waals surface area contributed by atoms with E-state index in [1.807, 2.05) is 255 Å². The van der Waals surface area contributed by atoms with E-state index in [1.54, 1.807) is 0 Å². The maximum atomic E-state index is 16.7. The van der Waals surface area contributed by atoms with Crippen LogP contribution in [0.2, 0.25) is 0 Å². The van der Waals surface area contributed by atoms with Crippen LogP contribution in [0.25, 0.3) is 33.4 Å². The summed E-state index contributed by atoms with van der Waals surface area (Å²) < 4.78 is 13.7. The predicted octanol–water partition coefficient (Wildman–Crippen LogP) is 17.6. The maximum absolute atomic E-state index is 16.7. The number of hydrogen-bond donors (Lipinski definition) is 0. The molecule has 0 unspecified atom stereocenters. The van der Waals surface area contributed by atoms with E-state index in [0.717, 1.165) is 22.3 Å². The third-order valence-corrected chi connectivity index (χ3v) is 14.2. The van der Waals surface area contributed by atoms with Crippen molar-refractivity contribution in [3.05, 3.63) is 357 Å². The first-order valence-corrected chi connectivity index (χ1v) is 27.8. The molecule has 86 heavy (non-hydrogen) atoms. The Labute approximate surface area is 502 Å². The Morgan fingerprint density at radius 3 is 0.802 bits per heavy atom. The van der Waals surface area contributed by atoms with Gasteiger partial charge in [-0.1, -0.05) is 193 Å². The molecule has 0 N–H and O–H groups in total. The van der Waals surface area contributed by atoms with Crippen LogP contribution in [0.15, 0.2) is 279 Å². The number of terminal acetylenes is 2. The van der Waals surface area contributed by atoms with E-state index in [9.17, 15) is 0 Å². The standard InChI is InChI=1S/C77H44O3.C6H4/c1-3-55-41-45-67(46-42-55)79-71-31-19-17-29-69(71)75-73(65-51-61(37-33-57-21-9-5-10-22-57)49-62(52-65)38-34-58-23-11-6-12-24-58)77(78)74(76(75)70-30-18-20-32-72(70)80-68-47-43-56(4-2)44-48-68)66-53-63(39-35-59-25-13-7-14-26-59)50-64(54-66)40-36-60-27-15-8-16-28-60;1-2-6-4-3-5(1)6/h1-2,5-32,41-54H;1-4H. The van der Waals surface area contributed by atoms with Crippen LogP contribution in [-0.2, 0) is 4.79 Å². The first-order valence-electron chi connectivity index (χ1n) is 27.8. The monoisotopic (exact) mass is 1090 g/mol. The van der Waals surface area contributed by atoms with Gasteiger partial charge in [-0.15, -0.1) is 12.8 Å². The van der Waals surface area contributed by atoms with Gasteiger partial charge in [0.1, 0.15) is 23.0 Å². The van der Waals surface area contributed by atoms with Crippen molar-refractivity contribution in [1.82, 2.24) is 0 Å². The van der Waals surface area contributed by atoms with Gasteiger partial charge in [-0.25, -0.2) is 0 Å². The van der Waals surface area contributed by atoms with Gasteiger partial charge in [0.15, 0.2) is 5.78 Å². The topological polar surface area (TPSA) is 35.5 Å². The van der Waals surface area contributed by atoms with Crippen LogP contribution in [0.5, 0.6) is 23.0 Å². The summed E-state index contributed by atoms with van der Waals surface area (Å²) in [5.74, 6) is 34.3. The van der Waals surface area contributed by atoms with Gasteiger partial charge < -0.3 is 9.47 Å². The number of hydrogen-bond acceptors (Lipinski definition) is 3. The lowest BCUT2D eigenvalue weighted by atomic mass is 9.87. The van der Waals surface area contributed by atoms with Crippen molar-refractivity contribution >= 4 is 28.1 Å². The van der Waals surface area contributed by atoms with E-state index in [1.165, 1.54) is 11.1 Å². The average molecular weight is 1090 g/mol. The Morgan fingerprint density at radius 2 is 0.523 bits per heavy atom. The molecular formula is C83H48O3. The molecule has 0 saturated heterocycles. The predicted molar refractivity (Wildman–Crippen MR) is 348 cm³/mol. The van der Waals surface area contributed by atoms with Crippen molar-refractivity contribution in [2.75, 3.05) is 0 Å². The summed E-state index contributed by atoms with van der Waals surface area (Å²) in [7, 11) is 0. The number of rotatable bonds is 8. The molecule has 3 nitrogen and oxygen atoms in total. The van der Waals surface area contributed by atoms with Crippen molar-refractivity contribution in [3.8, 4) is 106 Å². The lowest BCUT2D eigenvalue weighted by Crippen LogP contribution is -2.04. The molecule has 3 aliphatic rings. The molecule has 0 aliphatic heterocycles. The second kappa shape index (κ2) is 25.5. The largest absolute Gasteiger partial charge is 0.457 e. The Morgan fingerprint density at radius 1 is 0.244 bits per heavy atom. The zero-order valence-corrected chi connectivity index (χ0v) is 46.4. The average Bonchev–Trinajstić information content (AvgIpc) is 1.64. The highest BCUT2D eigenvalue weighted by Crippen LogP contribution is 2.54. The molecule has 0 atom stereocenters. The molecule has 3 aliphatic carbocycles. The van der Waals surface area contributed by atoms with E-state index in [2.05, 4.69) is 83.5 Å². The zero-order chi connectivity index (χ0) is 58.4. The fourth-order valence-corrected chi connectivity index (χ4v) is 9.87. The summed E-state index contributed by atoms with van der Waals surface area (Å²) >= 11 is 0. The van der Waals surface area contributed by atoms with E-state index in [-0.39, 0.29) is 5.78 Å². The van der Waals surface area contributed by atoms with E-state index in [4.69, 9.17) is 22.3 Å². The number of carbonyl (C=O) groups is 1. The van der Waals surface area contributed by atoms with Crippen LogP contribution in [-0.4, -0.2) is 5.78 Å². The third kappa shape index (κ3) is 12.7. The normalized spacial score (nSPS) is 11.3. The van der Waals surface area contributed by atoms with Crippen LogP contribution in [0.1, 0.15) is 77.9 Å². The molecule has 398 valence electrons. The molecule has 0 heterocycles. The molecule has 0 aromatic heterocycles. The second-order valence-corrected chi connectivity index (χ2v) is 20.0. The smallest absolute Gasteiger partial charge is 0.195 e. The van der Waals surface area contributed by atoms with E-state index in [0.29, 0.717) is 101 Å². The maximum Gasteiger partial charge on any atom is 0.195 e. The minimum atomic E-state index is -0.262. The van der Waals surface area contributed by atoms with Crippen LogP contribution >= 0.6 is 0 Å². The molecule has 0 bridgehead atoms. The van der Waals surface area contributed by atoms with Crippen LogP contribution < -0.4 is 9.47 Å². The number of benzene rings is 11. The zero-order valence-electron chi connectivity index (χ0n) is 46.4. The molecule has 0 fully saturated rings. The molecule has 0 spiro atoms. The molecule has 10 aromatic carbocycles. The Kier molecular flexibility index (Phi) is 16.1. The number of allylic oxidation sites excluding steroid dienone is 4. The number of carbonyl (C=O) groups excluding carboxylic acids is 1. The summed E-state index contributed by atoms with van der Waals surface area (Å²) in [6.45, 7) is 0. The highest BCUT2D eigenvalue weighted by molar-refractivity contribution is 6.59. The van der Waals surface area contributed by atoms with Gasteiger partial charge in [0, 0.05) is 89.1 Å². The van der Waals surface area contributed by atoms with Gasteiger partial charge in [-0.05, 0) is 168 Å². The van der Waals surface area contributed by atoms with Crippen molar-refractivity contribution in [2.24, 2.45) is 0 Å². The fraction of sp³-hybridized carbons (Fsp3) is 0. The first-order chi connectivity index (χ1) is 42.4. The van der Waals surface area contributed by atoms with Crippen LogP contribution in [0, 0.1) is 72.1 Å². The highest BCUT2D eigenvalue weighted by Gasteiger charge is 2.38. The Bertz CT molecular complexity index is 4340. The molecule has 13 rings (SSSR count). The third-order valence-electron chi connectivity index (χ3n) is 14.2. The lowest BCUT2D eigenvalue weighted by Gasteiger charge is -2.19. The Hall–Kier alpha value is -12.5. The molecule has 0 amide bonds. The first kappa shape index (κ1) is 54.1. The fourth-order valence-electron chi connectivity index (χ4n) is 9.87. The van der Waals surface area contributed by atoms with Crippen molar-refractivity contribution in [1.29, 1.82) is 0 Å². The lowest BCUT2D eigenvalue weighted by molar-refractivity contribution is -0.108. The minimum Gasteiger partial charge on any atom is -0.457 e. The van der Waals surface area contributed by atoms with Gasteiger partial charge in [-0.2, -0.15) is 0 Å². The summed E-state index contributed by atoms with van der Waals surface area (Å²) in [4.78, 5) is 16.7. The summed E-state index contributed by atoms with van der Waals surface area (Å²) in [5.41, 5.74) is 14.7. The number of ether oxygens (including phenoxy) is 2.